The average molecular weight is 317 g/mol. The van der Waals surface area contributed by atoms with E-state index in [1.54, 1.807) is 31.2 Å². The summed E-state index contributed by atoms with van der Waals surface area (Å²) in [7, 11) is 0. The van der Waals surface area contributed by atoms with E-state index >= 15 is 0 Å². The van der Waals surface area contributed by atoms with Crippen LogP contribution in [0.3, 0.4) is 0 Å². The van der Waals surface area contributed by atoms with Crippen molar-refractivity contribution in [3.05, 3.63) is 35.7 Å². The van der Waals surface area contributed by atoms with Gasteiger partial charge in [-0.05, 0) is 30.2 Å². The van der Waals surface area contributed by atoms with Gasteiger partial charge in [0, 0.05) is 24.6 Å². The lowest BCUT2D eigenvalue weighted by atomic mass is 10.1. The van der Waals surface area contributed by atoms with Crippen molar-refractivity contribution in [3.8, 4) is 11.5 Å². The summed E-state index contributed by atoms with van der Waals surface area (Å²) in [5.41, 5.74) is 1.13. The van der Waals surface area contributed by atoms with E-state index in [1.165, 1.54) is 4.90 Å². The van der Waals surface area contributed by atoms with Gasteiger partial charge in [0.1, 0.15) is 6.54 Å². The molecule has 1 heterocycles. The third-order valence-corrected chi connectivity index (χ3v) is 3.10. The van der Waals surface area contributed by atoms with E-state index < -0.39 is 5.97 Å². The third kappa shape index (κ3) is 4.38. The van der Waals surface area contributed by atoms with Crippen LogP contribution in [0.1, 0.15) is 30.1 Å². The fourth-order valence-electron chi connectivity index (χ4n) is 2.17. The SMILES string of the molecule is Cc1nnc(-c2ccc(C(=O)N(CC(=O)O)CC(C)C)cc2)o1. The van der Waals surface area contributed by atoms with E-state index in [9.17, 15) is 9.59 Å². The summed E-state index contributed by atoms with van der Waals surface area (Å²) in [6.45, 7) is 5.63. The number of aryl methyl sites for hydroxylation is 1. The molecule has 1 N–H and O–H groups in total. The second-order valence-corrected chi connectivity index (χ2v) is 5.68. The Morgan fingerprint density at radius 3 is 2.35 bits per heavy atom. The highest BCUT2D eigenvalue weighted by Crippen LogP contribution is 2.19. The van der Waals surface area contributed by atoms with E-state index in [0.29, 0.717) is 29.5 Å². The Hall–Kier alpha value is -2.70. The molecule has 7 heteroatoms. The Morgan fingerprint density at radius 1 is 1.22 bits per heavy atom. The summed E-state index contributed by atoms with van der Waals surface area (Å²) in [5, 5.41) is 16.6. The number of aliphatic carboxylic acids is 1. The Kier molecular flexibility index (Phi) is 5.10. The van der Waals surface area contributed by atoms with Gasteiger partial charge in [0.15, 0.2) is 0 Å². The summed E-state index contributed by atoms with van der Waals surface area (Å²) in [6.07, 6.45) is 0. The van der Waals surface area contributed by atoms with Gasteiger partial charge in [-0.25, -0.2) is 0 Å². The molecule has 2 rings (SSSR count). The number of carbonyl (C=O) groups excluding carboxylic acids is 1. The van der Waals surface area contributed by atoms with Gasteiger partial charge in [-0.3, -0.25) is 9.59 Å². The lowest BCUT2D eigenvalue weighted by molar-refractivity contribution is -0.137. The molecule has 1 aromatic heterocycles. The number of carboxylic acid groups (broad SMARTS) is 1. The van der Waals surface area contributed by atoms with Crippen LogP contribution in [0.2, 0.25) is 0 Å². The summed E-state index contributed by atoms with van der Waals surface area (Å²) in [4.78, 5) is 24.8. The van der Waals surface area contributed by atoms with Gasteiger partial charge in [-0.2, -0.15) is 0 Å². The van der Waals surface area contributed by atoms with Gasteiger partial charge in [-0.1, -0.05) is 13.8 Å². The minimum absolute atomic E-state index is 0.180. The van der Waals surface area contributed by atoms with E-state index in [2.05, 4.69) is 10.2 Å². The fraction of sp³-hybridized carbons (Fsp3) is 0.375. The molecule has 23 heavy (non-hydrogen) atoms. The molecule has 0 spiro atoms. The first kappa shape index (κ1) is 16.7. The highest BCUT2D eigenvalue weighted by atomic mass is 16.4. The van der Waals surface area contributed by atoms with Crippen molar-refractivity contribution in [3.63, 3.8) is 0 Å². The van der Waals surface area contributed by atoms with E-state index in [1.807, 2.05) is 13.8 Å². The molecule has 0 saturated heterocycles. The van der Waals surface area contributed by atoms with Crippen LogP contribution >= 0.6 is 0 Å². The largest absolute Gasteiger partial charge is 0.480 e. The van der Waals surface area contributed by atoms with Crippen molar-refractivity contribution < 1.29 is 19.1 Å². The second-order valence-electron chi connectivity index (χ2n) is 5.68. The van der Waals surface area contributed by atoms with Crippen molar-refractivity contribution in [1.82, 2.24) is 15.1 Å². The highest BCUT2D eigenvalue weighted by molar-refractivity contribution is 5.96. The van der Waals surface area contributed by atoms with Crippen LogP contribution in [0.4, 0.5) is 0 Å². The molecule has 0 bridgehead atoms. The maximum atomic E-state index is 12.5. The molecule has 1 amide bonds. The van der Waals surface area contributed by atoms with Crippen LogP contribution in [0, 0.1) is 12.8 Å². The molecular formula is C16H19N3O4. The smallest absolute Gasteiger partial charge is 0.323 e. The zero-order chi connectivity index (χ0) is 17.0. The monoisotopic (exact) mass is 317 g/mol. The Bertz CT molecular complexity index is 692. The molecule has 0 saturated carbocycles. The molecular weight excluding hydrogens is 298 g/mol. The van der Waals surface area contributed by atoms with Gasteiger partial charge in [0.05, 0.1) is 0 Å². The molecule has 0 aliphatic heterocycles. The average Bonchev–Trinajstić information content (AvgIpc) is 2.91. The minimum atomic E-state index is -1.03. The van der Waals surface area contributed by atoms with Crippen molar-refractivity contribution in [2.24, 2.45) is 5.92 Å². The molecule has 0 radical (unpaired) electrons. The summed E-state index contributed by atoms with van der Waals surface area (Å²) < 4.78 is 5.33. The van der Waals surface area contributed by atoms with Crippen molar-refractivity contribution in [2.45, 2.75) is 20.8 Å². The van der Waals surface area contributed by atoms with E-state index in [-0.39, 0.29) is 18.4 Å². The van der Waals surface area contributed by atoms with Crippen molar-refractivity contribution in [2.75, 3.05) is 13.1 Å². The predicted octanol–water partition coefficient (Wildman–Crippen LogP) is 2.23. The Morgan fingerprint density at radius 2 is 1.87 bits per heavy atom. The lowest BCUT2D eigenvalue weighted by Crippen LogP contribution is -2.38. The fourth-order valence-corrected chi connectivity index (χ4v) is 2.17. The molecule has 0 aliphatic carbocycles. The molecule has 0 fully saturated rings. The number of nitrogens with zero attached hydrogens (tertiary/aromatic N) is 3. The van der Waals surface area contributed by atoms with E-state index in [0.717, 1.165) is 0 Å². The molecule has 0 unspecified atom stereocenters. The van der Waals surface area contributed by atoms with Crippen molar-refractivity contribution in [1.29, 1.82) is 0 Å². The molecule has 7 nitrogen and oxygen atoms in total. The minimum Gasteiger partial charge on any atom is -0.480 e. The Balaban J connectivity index is 2.18. The van der Waals surface area contributed by atoms with Crippen molar-refractivity contribution >= 4 is 11.9 Å². The quantitative estimate of drug-likeness (QED) is 0.877. The maximum absolute atomic E-state index is 12.5. The standard InChI is InChI=1S/C16H19N3O4/c1-10(2)8-19(9-14(20)21)16(22)13-6-4-12(5-7-13)15-18-17-11(3)23-15/h4-7,10H,8-9H2,1-3H3,(H,20,21). The molecule has 1 aromatic carbocycles. The van der Waals surface area contributed by atoms with Gasteiger partial charge in [0.25, 0.3) is 5.91 Å². The first-order valence-electron chi connectivity index (χ1n) is 7.28. The molecule has 2 aromatic rings. The first-order valence-corrected chi connectivity index (χ1v) is 7.28. The van der Waals surface area contributed by atoms with Gasteiger partial charge in [-0.15, -0.1) is 10.2 Å². The number of hydrogen-bond donors (Lipinski definition) is 1. The summed E-state index contributed by atoms with van der Waals surface area (Å²) in [6, 6.07) is 6.67. The number of hydrogen-bond acceptors (Lipinski definition) is 5. The maximum Gasteiger partial charge on any atom is 0.323 e. The lowest BCUT2D eigenvalue weighted by Gasteiger charge is -2.22. The number of amides is 1. The third-order valence-electron chi connectivity index (χ3n) is 3.10. The number of aromatic nitrogens is 2. The molecule has 0 aliphatic rings. The van der Waals surface area contributed by atoms with Crippen LogP contribution in [-0.2, 0) is 4.79 Å². The normalized spacial score (nSPS) is 10.8. The number of carbonyl (C=O) groups is 2. The predicted molar refractivity (Wildman–Crippen MR) is 82.8 cm³/mol. The number of carboxylic acids is 1. The summed E-state index contributed by atoms with van der Waals surface area (Å²) in [5.74, 6) is -0.318. The summed E-state index contributed by atoms with van der Waals surface area (Å²) >= 11 is 0. The topological polar surface area (TPSA) is 96.5 Å². The number of benzene rings is 1. The molecule has 0 atom stereocenters. The zero-order valence-corrected chi connectivity index (χ0v) is 13.3. The van der Waals surface area contributed by atoms with Gasteiger partial charge in [0.2, 0.25) is 11.8 Å². The Labute approximate surface area is 133 Å². The van der Waals surface area contributed by atoms with Crippen LogP contribution in [0.15, 0.2) is 28.7 Å². The zero-order valence-electron chi connectivity index (χ0n) is 13.3. The van der Waals surface area contributed by atoms with Gasteiger partial charge < -0.3 is 14.4 Å². The molecule has 122 valence electrons. The van der Waals surface area contributed by atoms with Crippen LogP contribution in [-0.4, -0.2) is 45.2 Å². The van der Waals surface area contributed by atoms with Gasteiger partial charge >= 0.3 is 5.97 Å². The van der Waals surface area contributed by atoms with Crippen LogP contribution < -0.4 is 0 Å². The number of rotatable bonds is 6. The second kappa shape index (κ2) is 7.04. The van der Waals surface area contributed by atoms with E-state index in [4.69, 9.17) is 9.52 Å². The highest BCUT2D eigenvalue weighted by Gasteiger charge is 2.19. The first-order chi connectivity index (χ1) is 10.9. The van der Waals surface area contributed by atoms with Crippen LogP contribution in [0.25, 0.3) is 11.5 Å². The van der Waals surface area contributed by atoms with Crippen LogP contribution in [0.5, 0.6) is 0 Å².